The van der Waals surface area contributed by atoms with Crippen LogP contribution in [0.4, 0.5) is 4.79 Å². The standard InChI is InChI=1S/C20H31N3O5/c1-13(2)22-20(25)23-8-6-15(7-9-23)19(24)21-12-14-10-16(26-3)18(28-5)17(11-14)27-4/h10-11,13,15H,6-9,12H2,1-5H3,(H,21,24)(H,22,25). The molecule has 0 unspecified atom stereocenters. The molecule has 8 heteroatoms. The highest BCUT2D eigenvalue weighted by Gasteiger charge is 2.27. The van der Waals surface area contributed by atoms with Crippen LogP contribution in [0.3, 0.4) is 0 Å². The van der Waals surface area contributed by atoms with Crippen molar-refractivity contribution in [3.05, 3.63) is 17.7 Å². The molecule has 0 radical (unpaired) electrons. The molecule has 0 atom stereocenters. The molecular weight excluding hydrogens is 362 g/mol. The van der Waals surface area contributed by atoms with E-state index < -0.39 is 0 Å². The van der Waals surface area contributed by atoms with Gasteiger partial charge in [0.2, 0.25) is 11.7 Å². The van der Waals surface area contributed by atoms with Crippen LogP contribution in [0.2, 0.25) is 0 Å². The van der Waals surface area contributed by atoms with Gasteiger partial charge in [-0.3, -0.25) is 4.79 Å². The zero-order chi connectivity index (χ0) is 20.7. The second-order valence-corrected chi connectivity index (χ2v) is 7.12. The number of hydrogen-bond donors (Lipinski definition) is 2. The van der Waals surface area contributed by atoms with Crippen molar-refractivity contribution in [1.82, 2.24) is 15.5 Å². The molecular formula is C20H31N3O5. The van der Waals surface area contributed by atoms with Gasteiger partial charge in [-0.2, -0.15) is 0 Å². The number of methoxy groups -OCH3 is 3. The highest BCUT2D eigenvalue weighted by Crippen LogP contribution is 2.38. The molecule has 0 aromatic heterocycles. The van der Waals surface area contributed by atoms with E-state index in [-0.39, 0.29) is 23.9 Å². The number of piperidine rings is 1. The molecule has 2 rings (SSSR count). The molecule has 0 saturated carbocycles. The highest BCUT2D eigenvalue weighted by molar-refractivity contribution is 5.79. The number of amides is 3. The molecule has 1 fully saturated rings. The fourth-order valence-corrected chi connectivity index (χ4v) is 3.25. The summed E-state index contributed by atoms with van der Waals surface area (Å²) in [6.07, 6.45) is 1.32. The van der Waals surface area contributed by atoms with E-state index in [1.807, 2.05) is 26.0 Å². The van der Waals surface area contributed by atoms with E-state index >= 15 is 0 Å². The van der Waals surface area contributed by atoms with Crippen LogP contribution in [0.5, 0.6) is 17.2 Å². The lowest BCUT2D eigenvalue weighted by Crippen LogP contribution is -2.48. The Kier molecular flexibility index (Phi) is 7.78. The molecule has 2 N–H and O–H groups in total. The smallest absolute Gasteiger partial charge is 0.317 e. The molecule has 1 aromatic rings. The number of ether oxygens (including phenoxy) is 3. The van der Waals surface area contributed by atoms with Crippen LogP contribution in [0.25, 0.3) is 0 Å². The lowest BCUT2D eigenvalue weighted by atomic mass is 9.96. The van der Waals surface area contributed by atoms with E-state index in [1.54, 1.807) is 26.2 Å². The van der Waals surface area contributed by atoms with Gasteiger partial charge in [-0.15, -0.1) is 0 Å². The van der Waals surface area contributed by atoms with Crippen LogP contribution >= 0.6 is 0 Å². The molecule has 0 bridgehead atoms. The zero-order valence-corrected chi connectivity index (χ0v) is 17.3. The quantitative estimate of drug-likeness (QED) is 0.741. The van der Waals surface area contributed by atoms with Crippen molar-refractivity contribution in [2.24, 2.45) is 5.92 Å². The molecule has 3 amide bonds. The summed E-state index contributed by atoms with van der Waals surface area (Å²) in [6, 6.07) is 3.68. The molecule has 28 heavy (non-hydrogen) atoms. The third-order valence-corrected chi connectivity index (χ3v) is 4.76. The first-order chi connectivity index (χ1) is 13.4. The van der Waals surface area contributed by atoms with Crippen LogP contribution in [0.15, 0.2) is 12.1 Å². The Balaban J connectivity index is 1.90. The van der Waals surface area contributed by atoms with Crippen molar-refractivity contribution >= 4 is 11.9 Å². The maximum Gasteiger partial charge on any atom is 0.317 e. The first kappa shape index (κ1) is 21.7. The fourth-order valence-electron chi connectivity index (χ4n) is 3.25. The van der Waals surface area contributed by atoms with Gasteiger partial charge < -0.3 is 29.7 Å². The maximum absolute atomic E-state index is 12.5. The SMILES string of the molecule is COc1cc(CNC(=O)C2CCN(C(=O)NC(C)C)CC2)cc(OC)c1OC. The summed E-state index contributed by atoms with van der Waals surface area (Å²) in [5.74, 6) is 1.53. The van der Waals surface area contributed by atoms with Crippen LogP contribution < -0.4 is 24.8 Å². The van der Waals surface area contributed by atoms with Gasteiger partial charge in [-0.1, -0.05) is 0 Å². The predicted octanol–water partition coefficient (Wildman–Crippen LogP) is 2.16. The Morgan fingerprint density at radius 3 is 2.11 bits per heavy atom. The minimum Gasteiger partial charge on any atom is -0.493 e. The first-order valence-corrected chi connectivity index (χ1v) is 9.51. The molecule has 8 nitrogen and oxygen atoms in total. The van der Waals surface area contributed by atoms with Crippen molar-refractivity contribution in [3.8, 4) is 17.2 Å². The Morgan fingerprint density at radius 1 is 1.07 bits per heavy atom. The normalized spacial score (nSPS) is 14.6. The summed E-state index contributed by atoms with van der Waals surface area (Å²) in [4.78, 5) is 26.4. The third-order valence-electron chi connectivity index (χ3n) is 4.76. The maximum atomic E-state index is 12.5. The Labute approximate surface area is 166 Å². The lowest BCUT2D eigenvalue weighted by molar-refractivity contribution is -0.126. The molecule has 1 heterocycles. The largest absolute Gasteiger partial charge is 0.493 e. The van der Waals surface area contributed by atoms with Gasteiger partial charge >= 0.3 is 6.03 Å². The third kappa shape index (κ3) is 5.43. The minimum absolute atomic E-state index is 0.00216. The molecule has 156 valence electrons. The number of carbonyl (C=O) groups is 2. The zero-order valence-electron chi connectivity index (χ0n) is 17.3. The van der Waals surface area contributed by atoms with Crippen molar-refractivity contribution in [1.29, 1.82) is 0 Å². The topological polar surface area (TPSA) is 89.1 Å². The summed E-state index contributed by atoms with van der Waals surface area (Å²) < 4.78 is 16.0. The molecule has 1 aliphatic rings. The van der Waals surface area contributed by atoms with E-state index in [9.17, 15) is 9.59 Å². The first-order valence-electron chi connectivity index (χ1n) is 9.51. The van der Waals surface area contributed by atoms with Gasteiger partial charge in [0, 0.05) is 31.6 Å². The van der Waals surface area contributed by atoms with Crippen molar-refractivity contribution in [3.63, 3.8) is 0 Å². The number of urea groups is 1. The summed E-state index contributed by atoms with van der Waals surface area (Å²) in [7, 11) is 4.67. The van der Waals surface area contributed by atoms with Crippen LogP contribution in [0.1, 0.15) is 32.3 Å². The van der Waals surface area contributed by atoms with Gasteiger partial charge in [-0.25, -0.2) is 4.79 Å². The van der Waals surface area contributed by atoms with Crippen LogP contribution in [-0.4, -0.2) is 57.3 Å². The van der Waals surface area contributed by atoms with Gasteiger partial charge in [0.05, 0.1) is 21.3 Å². The summed E-state index contributed by atoms with van der Waals surface area (Å²) in [5.41, 5.74) is 0.858. The van der Waals surface area contributed by atoms with Gasteiger partial charge in [0.1, 0.15) is 0 Å². The summed E-state index contributed by atoms with van der Waals surface area (Å²) in [5, 5.41) is 5.86. The van der Waals surface area contributed by atoms with Crippen LogP contribution in [-0.2, 0) is 11.3 Å². The average molecular weight is 393 g/mol. The fraction of sp³-hybridized carbons (Fsp3) is 0.600. The second kappa shape index (κ2) is 10.1. The molecule has 1 aliphatic heterocycles. The van der Waals surface area contributed by atoms with Crippen molar-refractivity contribution in [2.45, 2.75) is 39.3 Å². The van der Waals surface area contributed by atoms with Gasteiger partial charge in [-0.05, 0) is 44.4 Å². The number of nitrogens with one attached hydrogen (secondary N) is 2. The summed E-state index contributed by atoms with van der Waals surface area (Å²) >= 11 is 0. The van der Waals surface area contributed by atoms with Crippen LogP contribution in [0, 0.1) is 5.92 Å². The van der Waals surface area contributed by atoms with E-state index in [4.69, 9.17) is 14.2 Å². The van der Waals surface area contributed by atoms with E-state index in [0.29, 0.717) is 49.7 Å². The summed E-state index contributed by atoms with van der Waals surface area (Å²) in [6.45, 7) is 5.40. The number of hydrogen-bond acceptors (Lipinski definition) is 5. The van der Waals surface area contributed by atoms with E-state index in [0.717, 1.165) is 5.56 Å². The molecule has 1 saturated heterocycles. The lowest BCUT2D eigenvalue weighted by Gasteiger charge is -2.32. The monoisotopic (exact) mass is 393 g/mol. The van der Waals surface area contributed by atoms with E-state index in [1.165, 1.54) is 0 Å². The Bertz CT molecular complexity index is 659. The highest BCUT2D eigenvalue weighted by atomic mass is 16.5. The van der Waals surface area contributed by atoms with Gasteiger partial charge in [0.15, 0.2) is 11.5 Å². The average Bonchev–Trinajstić information content (AvgIpc) is 2.70. The number of likely N-dealkylation sites (tertiary alicyclic amines) is 1. The number of benzene rings is 1. The van der Waals surface area contributed by atoms with Gasteiger partial charge in [0.25, 0.3) is 0 Å². The number of carbonyl (C=O) groups excluding carboxylic acids is 2. The molecule has 0 spiro atoms. The molecule has 0 aliphatic carbocycles. The van der Waals surface area contributed by atoms with E-state index in [2.05, 4.69) is 10.6 Å². The number of rotatable bonds is 7. The number of nitrogens with zero attached hydrogens (tertiary/aromatic N) is 1. The minimum atomic E-state index is -0.0925. The van der Waals surface area contributed by atoms with Crippen molar-refractivity contribution < 1.29 is 23.8 Å². The second-order valence-electron chi connectivity index (χ2n) is 7.12. The molecule has 1 aromatic carbocycles. The Morgan fingerprint density at radius 2 is 1.64 bits per heavy atom. The Hall–Kier alpha value is -2.64. The van der Waals surface area contributed by atoms with Crippen molar-refractivity contribution in [2.75, 3.05) is 34.4 Å². The predicted molar refractivity (Wildman–Crippen MR) is 106 cm³/mol.